The lowest BCUT2D eigenvalue weighted by atomic mass is 9.97. The minimum Gasteiger partial charge on any atom is -0.359 e. The minimum atomic E-state index is -0.410. The summed E-state index contributed by atoms with van der Waals surface area (Å²) in [6, 6.07) is 20.1. The molecule has 1 aliphatic heterocycles. The Labute approximate surface area is 204 Å². The number of nitrogens with one attached hydrogen (secondary N) is 3. The van der Waals surface area contributed by atoms with Crippen LogP contribution in [-0.2, 0) is 22.6 Å². The number of anilines is 2. The van der Waals surface area contributed by atoms with E-state index in [9.17, 15) is 14.0 Å². The fraction of sp³-hybridized carbons (Fsp3) is 0.214. The van der Waals surface area contributed by atoms with Gasteiger partial charge in [-0.2, -0.15) is 0 Å². The maximum absolute atomic E-state index is 13.8. The minimum absolute atomic E-state index is 0.0314. The van der Waals surface area contributed by atoms with Crippen LogP contribution in [0.4, 0.5) is 15.8 Å². The van der Waals surface area contributed by atoms with Crippen LogP contribution in [0, 0.1) is 5.82 Å². The fourth-order valence-corrected chi connectivity index (χ4v) is 4.14. The molecule has 0 saturated carbocycles. The lowest BCUT2D eigenvalue weighted by Gasteiger charge is -2.17. The van der Waals surface area contributed by atoms with Crippen LogP contribution in [0.3, 0.4) is 0 Å². The molecular weight excluding hydrogens is 443 g/mol. The van der Waals surface area contributed by atoms with Gasteiger partial charge in [0.05, 0.1) is 17.0 Å². The van der Waals surface area contributed by atoms with Gasteiger partial charge in [-0.25, -0.2) is 4.39 Å². The van der Waals surface area contributed by atoms with E-state index in [1.807, 2.05) is 62.6 Å². The normalized spacial score (nSPS) is 13.9. The van der Waals surface area contributed by atoms with Gasteiger partial charge in [0.1, 0.15) is 5.82 Å². The summed E-state index contributed by atoms with van der Waals surface area (Å²) < 4.78 is 13.8. The van der Waals surface area contributed by atoms with E-state index in [1.54, 1.807) is 13.1 Å². The molecule has 1 heterocycles. The number of fused-ring (bicyclic) bond motifs is 1. The van der Waals surface area contributed by atoms with Gasteiger partial charge in [0.25, 0.3) is 5.91 Å². The van der Waals surface area contributed by atoms with Gasteiger partial charge in [-0.15, -0.1) is 0 Å². The lowest BCUT2D eigenvalue weighted by Crippen LogP contribution is -2.18. The van der Waals surface area contributed by atoms with Crippen LogP contribution >= 0.6 is 0 Å². The van der Waals surface area contributed by atoms with Crippen molar-refractivity contribution < 1.29 is 14.0 Å². The van der Waals surface area contributed by atoms with Gasteiger partial charge in [0, 0.05) is 31.3 Å². The van der Waals surface area contributed by atoms with E-state index in [0.29, 0.717) is 35.4 Å². The van der Waals surface area contributed by atoms with E-state index in [4.69, 9.17) is 0 Å². The number of nitrogens with zero attached hydrogens (tertiary/aromatic N) is 1. The zero-order valence-electron chi connectivity index (χ0n) is 20.1. The summed E-state index contributed by atoms with van der Waals surface area (Å²) in [7, 11) is 5.66. The first-order valence-electron chi connectivity index (χ1n) is 11.5. The van der Waals surface area contributed by atoms with Crippen LogP contribution in [0.25, 0.3) is 11.3 Å². The first-order valence-corrected chi connectivity index (χ1v) is 11.5. The number of benzene rings is 3. The summed E-state index contributed by atoms with van der Waals surface area (Å²) in [5, 5.41) is 8.86. The van der Waals surface area contributed by atoms with E-state index in [0.717, 1.165) is 23.4 Å². The monoisotopic (exact) mass is 472 g/mol. The van der Waals surface area contributed by atoms with Crippen LogP contribution < -0.4 is 16.0 Å². The highest BCUT2D eigenvalue weighted by Crippen LogP contribution is 2.38. The van der Waals surface area contributed by atoms with E-state index >= 15 is 0 Å². The Balaban J connectivity index is 1.76. The van der Waals surface area contributed by atoms with Gasteiger partial charge in [-0.1, -0.05) is 30.3 Å². The molecule has 2 amide bonds. The molecule has 1 aliphatic rings. The van der Waals surface area contributed by atoms with Crippen LogP contribution in [0.1, 0.15) is 28.7 Å². The third-order valence-corrected chi connectivity index (χ3v) is 5.83. The molecule has 0 spiro atoms. The number of aryl methyl sites for hydroxylation is 1. The second-order valence-corrected chi connectivity index (χ2v) is 8.83. The van der Waals surface area contributed by atoms with E-state index in [2.05, 4.69) is 20.9 Å². The van der Waals surface area contributed by atoms with Crippen LogP contribution in [0.15, 0.2) is 66.7 Å². The summed E-state index contributed by atoms with van der Waals surface area (Å²) in [5.74, 6) is -0.739. The summed E-state index contributed by atoms with van der Waals surface area (Å²) in [4.78, 5) is 26.9. The molecule has 35 heavy (non-hydrogen) atoms. The first-order chi connectivity index (χ1) is 16.8. The molecule has 0 aliphatic carbocycles. The Morgan fingerprint density at radius 3 is 2.49 bits per heavy atom. The molecule has 7 heteroatoms. The molecule has 0 aromatic heterocycles. The van der Waals surface area contributed by atoms with Crippen molar-refractivity contribution in [3.05, 3.63) is 94.8 Å². The molecule has 0 unspecified atom stereocenters. The predicted molar refractivity (Wildman–Crippen MR) is 138 cm³/mol. The van der Waals surface area contributed by atoms with Gasteiger partial charge in [-0.05, 0) is 73.6 Å². The van der Waals surface area contributed by atoms with Gasteiger partial charge in [0.2, 0.25) is 5.91 Å². The third kappa shape index (κ3) is 5.75. The predicted octanol–water partition coefficient (Wildman–Crippen LogP) is 4.50. The molecule has 0 atom stereocenters. The Morgan fingerprint density at radius 1 is 1.00 bits per heavy atom. The molecular formula is C28H29FN4O2. The van der Waals surface area contributed by atoms with Gasteiger partial charge in [-0.3, -0.25) is 9.59 Å². The number of hydrogen-bond acceptors (Lipinski definition) is 4. The van der Waals surface area contributed by atoms with Crippen molar-refractivity contribution >= 4 is 34.5 Å². The van der Waals surface area contributed by atoms with E-state index in [1.165, 1.54) is 17.7 Å². The first kappa shape index (κ1) is 24.2. The van der Waals surface area contributed by atoms with Crippen LogP contribution in [0.2, 0.25) is 0 Å². The number of halogens is 1. The van der Waals surface area contributed by atoms with Gasteiger partial charge < -0.3 is 20.9 Å². The number of carbonyl (C=O) groups is 2. The Kier molecular flexibility index (Phi) is 7.27. The lowest BCUT2D eigenvalue weighted by molar-refractivity contribution is -0.120. The second kappa shape index (κ2) is 10.5. The zero-order chi connectivity index (χ0) is 24.9. The molecule has 3 aromatic carbocycles. The smallest absolute Gasteiger partial charge is 0.258 e. The fourth-order valence-electron chi connectivity index (χ4n) is 4.14. The Bertz CT molecular complexity index is 1280. The quantitative estimate of drug-likeness (QED) is 0.422. The highest BCUT2D eigenvalue weighted by molar-refractivity contribution is 6.37. The standard InChI is InChI=1S/C28H29FN4O2/c1-30-25(34)14-9-18-5-4-6-20(15-18)27(31-22-11-7-19(8-12-22)17-33(2)3)26-23-13-10-21(29)16-24(23)32-28(26)35/h4-8,10-13,15-16,31H,9,14,17H2,1-3H3,(H,30,34)(H,32,35). The molecule has 0 saturated heterocycles. The summed E-state index contributed by atoms with van der Waals surface area (Å²) >= 11 is 0. The zero-order valence-corrected chi connectivity index (χ0v) is 20.1. The highest BCUT2D eigenvalue weighted by Gasteiger charge is 2.29. The van der Waals surface area contributed by atoms with E-state index in [-0.39, 0.29) is 11.8 Å². The van der Waals surface area contributed by atoms with Crippen LogP contribution in [-0.4, -0.2) is 37.9 Å². The summed E-state index contributed by atoms with van der Waals surface area (Å²) in [6.07, 6.45) is 0.943. The van der Waals surface area contributed by atoms with Crippen molar-refractivity contribution in [2.45, 2.75) is 19.4 Å². The Morgan fingerprint density at radius 2 is 1.77 bits per heavy atom. The molecule has 0 bridgehead atoms. The molecule has 6 nitrogen and oxygen atoms in total. The summed E-state index contributed by atoms with van der Waals surface area (Å²) in [5.41, 5.74) is 5.93. The molecule has 0 radical (unpaired) electrons. The number of amides is 2. The van der Waals surface area contributed by atoms with Crippen molar-refractivity contribution in [3.8, 4) is 0 Å². The van der Waals surface area contributed by atoms with E-state index < -0.39 is 5.82 Å². The number of carbonyl (C=O) groups excluding carboxylic acids is 2. The van der Waals surface area contributed by atoms with Gasteiger partial charge in [0.15, 0.2) is 0 Å². The Hall–Kier alpha value is -3.97. The SMILES string of the molecule is CNC(=O)CCc1cccc(C(Nc2ccc(CN(C)C)cc2)=C2C(=O)Nc3cc(F)ccc32)c1. The number of hydrogen-bond donors (Lipinski definition) is 3. The van der Waals surface area contributed by atoms with Crippen molar-refractivity contribution in [1.29, 1.82) is 0 Å². The maximum atomic E-state index is 13.8. The third-order valence-electron chi connectivity index (χ3n) is 5.83. The largest absolute Gasteiger partial charge is 0.359 e. The van der Waals surface area contributed by atoms with Crippen molar-refractivity contribution in [1.82, 2.24) is 10.2 Å². The topological polar surface area (TPSA) is 73.5 Å². The summed E-state index contributed by atoms with van der Waals surface area (Å²) in [6.45, 7) is 0.822. The molecule has 3 N–H and O–H groups in total. The molecule has 0 fully saturated rings. The average Bonchev–Trinajstić information content (AvgIpc) is 3.16. The van der Waals surface area contributed by atoms with Crippen LogP contribution in [0.5, 0.6) is 0 Å². The van der Waals surface area contributed by atoms with Gasteiger partial charge >= 0.3 is 0 Å². The maximum Gasteiger partial charge on any atom is 0.258 e. The van der Waals surface area contributed by atoms with Crippen molar-refractivity contribution in [3.63, 3.8) is 0 Å². The molecule has 3 aromatic rings. The van der Waals surface area contributed by atoms with Crippen molar-refractivity contribution in [2.24, 2.45) is 0 Å². The molecule has 4 rings (SSSR count). The highest BCUT2D eigenvalue weighted by atomic mass is 19.1. The average molecular weight is 473 g/mol. The van der Waals surface area contributed by atoms with Crippen molar-refractivity contribution in [2.75, 3.05) is 31.8 Å². The second-order valence-electron chi connectivity index (χ2n) is 8.83. The molecule has 180 valence electrons. The number of rotatable bonds is 8.